The first kappa shape index (κ1) is 133. The minimum Gasteiger partial charge on any atom is -0.0625 e. The second-order valence-corrected chi connectivity index (χ2v) is 62.7. The SMILES string of the molecule is CC(C)Cc1c(I)cc(I)cc1I.CC(C)Cc1c(I)ccc(I)c1I.CC(C)Cc1c(I)cccc1I.CC(C)Cc1cc(I)c(I)c(I)c1.CC(C)Cc1cc(I)cc(I)c1I.CC(C)Cc1cc(I)ccc1I.CC(C)Cc1ccc(I)c(I)c1.CC(C)Cc1ccc(I)c(I)c1I.CC(C)Cc1ccc(I)cc1I.CC(C)Cc1cccc(I)c1I. The van der Waals surface area contributed by atoms with E-state index >= 15 is 0 Å². The van der Waals surface area contributed by atoms with E-state index in [-0.39, 0.29) is 0 Å². The summed E-state index contributed by atoms with van der Waals surface area (Å²) >= 11 is 60.2. The number of rotatable bonds is 20. The van der Waals surface area contributed by atoms with Crippen molar-refractivity contribution < 1.29 is 0 Å². The fourth-order valence-electron chi connectivity index (χ4n) is 11.6. The van der Waals surface area contributed by atoms with Crippen molar-refractivity contribution in [3.05, 3.63) is 297 Å². The highest BCUT2D eigenvalue weighted by Crippen LogP contribution is 2.33. The maximum atomic E-state index is 2.45. The lowest BCUT2D eigenvalue weighted by atomic mass is 10.0. The largest absolute Gasteiger partial charge is 0.0625 e. The van der Waals surface area contributed by atoms with Gasteiger partial charge in [-0.15, -0.1) is 0 Å². The second kappa shape index (κ2) is 73.5. The van der Waals surface area contributed by atoms with Crippen LogP contribution in [0.15, 0.2) is 152 Å². The van der Waals surface area contributed by atoms with Gasteiger partial charge in [0.05, 0.1) is 0 Å². The van der Waals surface area contributed by atoms with E-state index in [1.54, 1.807) is 0 Å². The van der Waals surface area contributed by atoms with Gasteiger partial charge in [0.15, 0.2) is 0 Å². The van der Waals surface area contributed by atoms with Gasteiger partial charge < -0.3 is 0 Å². The zero-order chi connectivity index (χ0) is 95.7. The fourth-order valence-corrected chi connectivity index (χ4v) is 31.8. The minimum atomic E-state index is 0.736. The van der Waals surface area contributed by atoms with Crippen molar-refractivity contribution in [1.82, 2.24) is 0 Å². The first-order chi connectivity index (χ1) is 58.0. The summed E-state index contributed by atoms with van der Waals surface area (Å²) in [6, 6.07) is 55.5. The summed E-state index contributed by atoms with van der Waals surface area (Å²) in [6.45, 7) is 45.3. The minimum absolute atomic E-state index is 0.736. The highest BCUT2D eigenvalue weighted by molar-refractivity contribution is 14.1. The van der Waals surface area contributed by atoms with Crippen LogP contribution in [0.25, 0.3) is 0 Å². The highest BCUT2D eigenvalue weighted by atomic mass is 127. The van der Waals surface area contributed by atoms with Gasteiger partial charge in [0.25, 0.3) is 0 Å². The molecule has 0 spiro atoms. The van der Waals surface area contributed by atoms with Crippen LogP contribution in [0, 0.1) is 148 Å². The Bertz CT molecular complexity index is 4790. The van der Waals surface area contributed by atoms with Gasteiger partial charge >= 0.3 is 0 Å². The van der Waals surface area contributed by atoms with Gasteiger partial charge in [-0.1, -0.05) is 175 Å². The van der Waals surface area contributed by atoms with Gasteiger partial charge in [0.2, 0.25) is 0 Å². The predicted octanol–water partition coefficient (Wildman–Crippen LogP) is 44.0. The summed E-state index contributed by atoms with van der Waals surface area (Å²) in [5, 5.41) is 0. The molecule has 0 radical (unpaired) electrons. The Balaban J connectivity index is 0.000000695. The Hall–Kier alpha value is 10.4. The molecule has 0 unspecified atom stereocenters. The van der Waals surface area contributed by atoms with Crippen LogP contribution < -0.4 is 0 Å². The van der Waals surface area contributed by atoms with Crippen LogP contribution in [-0.2, 0) is 64.2 Å². The van der Waals surface area contributed by atoms with Crippen LogP contribution in [0.3, 0.4) is 0 Å². The standard InChI is InChI=1S/5C10H11I3.5C10H12I2/c1-6(2)3-8-9(12)4-7(11)5-10(8)13;1-6(2)3-7-4-8(11)5-9(12)10(7)13;1-6(2)3-7-4-8(11)10(13)9(12)5-7;1-6(2)5-7-8(11)3-4-9(12)10(7)13;1-6(2)5-7-3-4-8(11)10(13)9(7)12;1-7(2)5-8-6-9(11)3-4-10(8)12;1-7(2)5-8-3-4-9(11)6-10(8)12;1-7(2)5-8-3-4-9(11)10(12)6-8;1-7(2)6-8-9(11)4-3-5-10(8)12;1-7(2)6-8-4-3-5-9(11)10(8)12/h3*4-6H,3H2,1-2H3;2*3-4,6H,5H2,1-2H3;3*3-4,6-7H,5H2,1-2H3;2*3-5,7H,6H2,1-2H3. The Morgan fingerprint density at radius 1 is 0.152 bits per heavy atom. The predicted molar refractivity (Wildman–Crippen MR) is 768 cm³/mol. The number of halogens is 25. The molecule has 0 saturated heterocycles. The van der Waals surface area contributed by atoms with Crippen molar-refractivity contribution in [2.45, 2.75) is 203 Å². The molecule has 25 heteroatoms. The molecule has 10 aromatic rings. The molecule has 125 heavy (non-hydrogen) atoms. The quantitative estimate of drug-likeness (QED) is 0.0405. The average Bonchev–Trinajstić information content (AvgIpc) is 0.844. The molecule has 10 aromatic carbocycles. The molecule has 0 bridgehead atoms. The number of hydrogen-bond donors (Lipinski definition) is 0. The molecule has 0 amide bonds. The zero-order valence-electron chi connectivity index (χ0n) is 74.2. The number of hydrogen-bond acceptors (Lipinski definition) is 0. The summed E-state index contributed by atoms with van der Waals surface area (Å²) in [7, 11) is 0. The maximum Gasteiger partial charge on any atom is 0.0400 e. The zero-order valence-corrected chi connectivity index (χ0v) is 128. The van der Waals surface area contributed by atoms with E-state index in [9.17, 15) is 0 Å². The smallest absolute Gasteiger partial charge is 0.0400 e. The lowest BCUT2D eigenvalue weighted by Crippen LogP contribution is -2.01. The maximum absolute atomic E-state index is 2.45. The molecular weight excluding hydrogens is 4370 g/mol. The molecular formula is C100H115I25. The monoisotopic (exact) mass is 4490 g/mol. The lowest BCUT2D eigenvalue weighted by molar-refractivity contribution is 0.643. The van der Waals surface area contributed by atoms with Gasteiger partial charge in [-0.05, 0) is 859 Å². The van der Waals surface area contributed by atoms with Gasteiger partial charge in [-0.2, -0.15) is 0 Å². The van der Waals surface area contributed by atoms with Crippen molar-refractivity contribution in [3.63, 3.8) is 0 Å². The van der Waals surface area contributed by atoms with E-state index in [2.05, 4.69) is 855 Å². The molecule has 0 aliphatic rings. The van der Waals surface area contributed by atoms with Crippen LogP contribution in [0.2, 0.25) is 0 Å². The van der Waals surface area contributed by atoms with E-state index in [0.717, 1.165) is 59.2 Å². The Kier molecular flexibility index (Phi) is 78.5. The van der Waals surface area contributed by atoms with Crippen LogP contribution in [0.5, 0.6) is 0 Å². The van der Waals surface area contributed by atoms with Crippen LogP contribution in [0.4, 0.5) is 0 Å². The molecule has 0 saturated carbocycles. The van der Waals surface area contributed by atoms with Crippen molar-refractivity contribution in [2.75, 3.05) is 0 Å². The van der Waals surface area contributed by atoms with E-state index in [1.165, 1.54) is 209 Å². The second-order valence-electron chi connectivity index (χ2n) is 33.9. The van der Waals surface area contributed by atoms with Gasteiger partial charge in [-0.25, -0.2) is 0 Å². The van der Waals surface area contributed by atoms with Gasteiger partial charge in [-0.3, -0.25) is 0 Å². The molecule has 690 valence electrons. The fraction of sp³-hybridized carbons (Fsp3) is 0.400. The third kappa shape index (κ3) is 59.3. The van der Waals surface area contributed by atoms with Crippen molar-refractivity contribution in [2.24, 2.45) is 59.2 Å². The first-order valence-electron chi connectivity index (χ1n) is 40.9. The van der Waals surface area contributed by atoms with E-state index in [4.69, 9.17) is 0 Å². The third-order valence-electron chi connectivity index (χ3n) is 16.8. The summed E-state index contributed by atoms with van der Waals surface area (Å²) in [5.74, 6) is 7.43. The Morgan fingerprint density at radius 2 is 0.448 bits per heavy atom. The Labute approximate surface area is 1100 Å². The van der Waals surface area contributed by atoms with E-state index in [1.807, 2.05) is 0 Å². The highest BCUT2D eigenvalue weighted by Gasteiger charge is 2.15. The normalized spacial score (nSPS) is 10.8. The lowest BCUT2D eigenvalue weighted by Gasteiger charge is -2.11. The van der Waals surface area contributed by atoms with Crippen molar-refractivity contribution >= 4 is 565 Å². The summed E-state index contributed by atoms with van der Waals surface area (Å²) in [4.78, 5) is 0. The van der Waals surface area contributed by atoms with Crippen LogP contribution in [-0.4, -0.2) is 0 Å². The topological polar surface area (TPSA) is 0 Å². The van der Waals surface area contributed by atoms with Crippen molar-refractivity contribution in [1.29, 1.82) is 0 Å². The summed E-state index contributed by atoms with van der Waals surface area (Å²) in [5.41, 5.74) is 14.9. The molecule has 0 heterocycles. The molecule has 0 fully saturated rings. The molecule has 0 N–H and O–H groups in total. The van der Waals surface area contributed by atoms with E-state index < -0.39 is 0 Å². The van der Waals surface area contributed by atoms with E-state index in [0.29, 0.717) is 0 Å². The molecule has 0 aliphatic carbocycles. The van der Waals surface area contributed by atoms with Crippen LogP contribution >= 0.6 is 565 Å². The molecule has 0 nitrogen and oxygen atoms in total. The average molecular weight is 4490 g/mol. The molecule has 0 aliphatic heterocycles. The first-order valence-corrected chi connectivity index (χ1v) is 67.8. The number of benzene rings is 10. The molecule has 0 atom stereocenters. The summed E-state index contributed by atoms with van der Waals surface area (Å²) in [6.07, 6.45) is 11.9. The molecule has 0 aromatic heterocycles. The third-order valence-corrected chi connectivity index (χ3v) is 49.1. The summed E-state index contributed by atoms with van der Waals surface area (Å²) < 4.78 is 34.5. The van der Waals surface area contributed by atoms with Crippen molar-refractivity contribution in [3.8, 4) is 0 Å². The van der Waals surface area contributed by atoms with Gasteiger partial charge in [0.1, 0.15) is 0 Å². The Morgan fingerprint density at radius 3 is 0.928 bits per heavy atom. The van der Waals surface area contributed by atoms with Gasteiger partial charge in [0, 0.05) is 89.3 Å². The molecule has 10 rings (SSSR count). The van der Waals surface area contributed by atoms with Crippen LogP contribution in [0.1, 0.15) is 194 Å².